The molecule has 0 unspecified atom stereocenters. The number of aryl methyl sites for hydroxylation is 2. The van der Waals surface area contributed by atoms with Crippen LogP contribution < -0.4 is 16.4 Å². The van der Waals surface area contributed by atoms with E-state index in [-0.39, 0.29) is 11.8 Å². The molecule has 4 N–H and O–H groups in total. The molecule has 2 rings (SSSR count). The lowest BCUT2D eigenvalue weighted by Crippen LogP contribution is -2.13. The quantitative estimate of drug-likeness (QED) is 0.811. The molecule has 2 aromatic rings. The smallest absolute Gasteiger partial charge is 0.267 e. The number of nitrogens with two attached hydrogens (primary N) is 1. The number of aromatic nitrogens is 1. The number of rotatable bonds is 3. The number of hydrogen-bond donors (Lipinski definition) is 3. The van der Waals surface area contributed by atoms with Gasteiger partial charge in [0.2, 0.25) is 5.91 Å². The van der Waals surface area contributed by atoms with Crippen molar-refractivity contribution in [3.8, 4) is 0 Å². The maximum absolute atomic E-state index is 12.3. The van der Waals surface area contributed by atoms with E-state index in [0.29, 0.717) is 27.1 Å². The molecule has 7 heteroatoms. The van der Waals surface area contributed by atoms with Gasteiger partial charge in [-0.05, 0) is 31.5 Å². The monoisotopic (exact) mass is 304 g/mol. The van der Waals surface area contributed by atoms with Crippen LogP contribution in [0.1, 0.15) is 27.9 Å². The molecule has 0 fully saturated rings. The number of benzene rings is 1. The van der Waals surface area contributed by atoms with Crippen molar-refractivity contribution in [2.24, 2.45) is 0 Å². The average molecular weight is 304 g/mol. The SMILES string of the molecule is CC(=O)Nc1ccc(C)c(NC(=O)c2sc(N)nc2C)c1. The number of nitrogens with one attached hydrogen (secondary N) is 2. The normalized spacial score (nSPS) is 10.2. The summed E-state index contributed by atoms with van der Waals surface area (Å²) in [6.07, 6.45) is 0. The average Bonchev–Trinajstić information content (AvgIpc) is 2.72. The van der Waals surface area contributed by atoms with Crippen molar-refractivity contribution >= 4 is 39.7 Å². The zero-order valence-electron chi connectivity index (χ0n) is 12.0. The van der Waals surface area contributed by atoms with Crippen LogP contribution in [0.4, 0.5) is 16.5 Å². The standard InChI is InChI=1S/C14H16N4O2S/c1-7-4-5-10(17-9(3)19)6-11(7)18-13(20)12-8(2)16-14(15)21-12/h4-6H,1-3H3,(H2,15,16)(H,17,19)(H,18,20). The van der Waals surface area contributed by atoms with Gasteiger partial charge in [0, 0.05) is 18.3 Å². The fourth-order valence-corrected chi connectivity index (χ4v) is 2.57. The summed E-state index contributed by atoms with van der Waals surface area (Å²) in [5.41, 5.74) is 8.36. The molecule has 0 spiro atoms. The highest BCUT2D eigenvalue weighted by Gasteiger charge is 2.15. The van der Waals surface area contributed by atoms with Crippen molar-refractivity contribution in [3.63, 3.8) is 0 Å². The van der Waals surface area contributed by atoms with E-state index in [1.165, 1.54) is 6.92 Å². The molecule has 0 radical (unpaired) electrons. The third kappa shape index (κ3) is 3.57. The molecule has 0 aliphatic rings. The summed E-state index contributed by atoms with van der Waals surface area (Å²) in [5.74, 6) is -0.424. The van der Waals surface area contributed by atoms with E-state index in [2.05, 4.69) is 15.6 Å². The third-order valence-electron chi connectivity index (χ3n) is 2.83. The van der Waals surface area contributed by atoms with Gasteiger partial charge < -0.3 is 16.4 Å². The zero-order valence-corrected chi connectivity index (χ0v) is 12.8. The number of anilines is 3. The van der Waals surface area contributed by atoms with Crippen molar-refractivity contribution in [3.05, 3.63) is 34.3 Å². The Kier molecular flexibility index (Phi) is 4.23. The fourth-order valence-electron chi connectivity index (χ4n) is 1.84. The Morgan fingerprint density at radius 2 is 1.95 bits per heavy atom. The third-order valence-corrected chi connectivity index (χ3v) is 3.81. The summed E-state index contributed by atoms with van der Waals surface area (Å²) >= 11 is 1.15. The summed E-state index contributed by atoms with van der Waals surface area (Å²) in [4.78, 5) is 27.8. The van der Waals surface area contributed by atoms with Crippen LogP contribution in [0.15, 0.2) is 18.2 Å². The fraction of sp³-hybridized carbons (Fsp3) is 0.214. The van der Waals surface area contributed by atoms with E-state index in [0.717, 1.165) is 16.9 Å². The lowest BCUT2D eigenvalue weighted by Gasteiger charge is -2.10. The molecule has 0 bridgehead atoms. The number of thiazole rings is 1. The molecule has 2 amide bonds. The van der Waals surface area contributed by atoms with Crippen molar-refractivity contribution in [2.45, 2.75) is 20.8 Å². The van der Waals surface area contributed by atoms with Gasteiger partial charge in [-0.1, -0.05) is 17.4 Å². The Balaban J connectivity index is 2.24. The van der Waals surface area contributed by atoms with Gasteiger partial charge >= 0.3 is 0 Å². The van der Waals surface area contributed by atoms with Gasteiger partial charge in [-0.2, -0.15) is 0 Å². The van der Waals surface area contributed by atoms with Crippen LogP contribution in [0.3, 0.4) is 0 Å². The van der Waals surface area contributed by atoms with E-state index in [9.17, 15) is 9.59 Å². The van der Waals surface area contributed by atoms with Gasteiger partial charge in [0.15, 0.2) is 5.13 Å². The number of nitrogens with zero attached hydrogens (tertiary/aromatic N) is 1. The molecule has 6 nitrogen and oxygen atoms in total. The van der Waals surface area contributed by atoms with Gasteiger partial charge in [-0.25, -0.2) is 4.98 Å². The molecule has 110 valence electrons. The van der Waals surface area contributed by atoms with Crippen LogP contribution in [0, 0.1) is 13.8 Å². The highest BCUT2D eigenvalue weighted by molar-refractivity contribution is 7.17. The second kappa shape index (κ2) is 5.92. The van der Waals surface area contributed by atoms with E-state index < -0.39 is 0 Å². The molecule has 0 aliphatic carbocycles. The Labute approximate surface area is 126 Å². The second-order valence-electron chi connectivity index (χ2n) is 4.63. The first-order valence-electron chi connectivity index (χ1n) is 6.29. The van der Waals surface area contributed by atoms with E-state index in [1.54, 1.807) is 19.1 Å². The molecule has 21 heavy (non-hydrogen) atoms. The number of amides is 2. The minimum atomic E-state index is -0.259. The van der Waals surface area contributed by atoms with Crippen LogP contribution >= 0.6 is 11.3 Å². The number of hydrogen-bond acceptors (Lipinski definition) is 5. The largest absolute Gasteiger partial charge is 0.375 e. The lowest BCUT2D eigenvalue weighted by molar-refractivity contribution is -0.114. The van der Waals surface area contributed by atoms with Gasteiger partial charge in [-0.15, -0.1) is 0 Å². The molecule has 0 atom stereocenters. The van der Waals surface area contributed by atoms with Crippen LogP contribution in [-0.2, 0) is 4.79 Å². The zero-order chi connectivity index (χ0) is 15.6. The predicted molar refractivity (Wildman–Crippen MR) is 84.7 cm³/mol. The number of carbonyl (C=O) groups excluding carboxylic acids is 2. The van der Waals surface area contributed by atoms with Gasteiger partial charge in [0.05, 0.1) is 5.69 Å². The van der Waals surface area contributed by atoms with Gasteiger partial charge in [-0.3, -0.25) is 9.59 Å². The summed E-state index contributed by atoms with van der Waals surface area (Å²) in [5, 5.41) is 5.86. The van der Waals surface area contributed by atoms with Crippen LogP contribution in [0.2, 0.25) is 0 Å². The molecule has 1 aromatic heterocycles. The lowest BCUT2D eigenvalue weighted by atomic mass is 10.1. The van der Waals surface area contributed by atoms with E-state index in [1.807, 2.05) is 13.0 Å². The Morgan fingerprint density at radius 1 is 1.24 bits per heavy atom. The molecule has 0 saturated carbocycles. The Bertz CT molecular complexity index is 709. The Hall–Kier alpha value is -2.41. The highest BCUT2D eigenvalue weighted by Crippen LogP contribution is 2.24. The van der Waals surface area contributed by atoms with Gasteiger partial charge in [0.25, 0.3) is 5.91 Å². The molecular weight excluding hydrogens is 288 g/mol. The molecule has 0 aliphatic heterocycles. The van der Waals surface area contributed by atoms with E-state index >= 15 is 0 Å². The molecular formula is C14H16N4O2S. The summed E-state index contributed by atoms with van der Waals surface area (Å²) in [6, 6.07) is 5.32. The minimum Gasteiger partial charge on any atom is -0.375 e. The minimum absolute atomic E-state index is 0.165. The second-order valence-corrected chi connectivity index (χ2v) is 5.66. The van der Waals surface area contributed by atoms with E-state index in [4.69, 9.17) is 5.73 Å². The van der Waals surface area contributed by atoms with Crippen LogP contribution in [0.5, 0.6) is 0 Å². The first-order chi connectivity index (χ1) is 9.86. The summed E-state index contributed by atoms with van der Waals surface area (Å²) in [7, 11) is 0. The van der Waals surface area contributed by atoms with Crippen molar-refractivity contribution in [1.82, 2.24) is 4.98 Å². The predicted octanol–water partition coefficient (Wildman–Crippen LogP) is 2.55. The maximum atomic E-state index is 12.3. The van der Waals surface area contributed by atoms with Crippen LogP contribution in [0.25, 0.3) is 0 Å². The van der Waals surface area contributed by atoms with Crippen molar-refractivity contribution in [1.29, 1.82) is 0 Å². The Morgan fingerprint density at radius 3 is 2.52 bits per heavy atom. The molecule has 1 heterocycles. The first kappa shape index (κ1) is 15.0. The van der Waals surface area contributed by atoms with Gasteiger partial charge in [0.1, 0.15) is 4.88 Å². The summed E-state index contributed by atoms with van der Waals surface area (Å²) in [6.45, 7) is 5.05. The summed E-state index contributed by atoms with van der Waals surface area (Å²) < 4.78 is 0. The highest BCUT2D eigenvalue weighted by atomic mass is 32.1. The number of carbonyl (C=O) groups is 2. The molecule has 0 saturated heterocycles. The first-order valence-corrected chi connectivity index (χ1v) is 7.11. The topological polar surface area (TPSA) is 97.1 Å². The maximum Gasteiger partial charge on any atom is 0.267 e. The molecule has 1 aromatic carbocycles. The van der Waals surface area contributed by atoms with Crippen LogP contribution in [-0.4, -0.2) is 16.8 Å². The van der Waals surface area contributed by atoms with Crippen molar-refractivity contribution < 1.29 is 9.59 Å². The number of nitrogen functional groups attached to an aromatic ring is 1. The van der Waals surface area contributed by atoms with Crippen molar-refractivity contribution in [2.75, 3.05) is 16.4 Å².